The predicted molar refractivity (Wildman–Crippen MR) is 104 cm³/mol. The van der Waals surface area contributed by atoms with Gasteiger partial charge in [-0.25, -0.2) is 0 Å². The fourth-order valence-corrected chi connectivity index (χ4v) is 3.60. The number of nitrogens with zero attached hydrogens (tertiary/aromatic N) is 2. The lowest BCUT2D eigenvalue weighted by Gasteiger charge is -2.40. The summed E-state index contributed by atoms with van der Waals surface area (Å²) in [6.07, 6.45) is 10.7. The van der Waals surface area contributed by atoms with Gasteiger partial charge in [0.05, 0.1) is 5.92 Å². The van der Waals surface area contributed by atoms with Crippen molar-refractivity contribution in [2.24, 2.45) is 17.8 Å². The molecule has 1 aliphatic heterocycles. The van der Waals surface area contributed by atoms with Crippen LogP contribution in [0.1, 0.15) is 79.1 Å². The summed E-state index contributed by atoms with van der Waals surface area (Å²) in [4.78, 5) is 16.7. The molecule has 0 aromatic rings. The van der Waals surface area contributed by atoms with Crippen molar-refractivity contribution in [3.05, 3.63) is 0 Å². The standard InChI is InChI=1S/C21H42N2O/c1-18(2)13-11-9-7-6-8-10-12-14-22(5)21(24)20-16-23(17-20)15-19(3)4/h18-20H,6-17H2,1-5H3. The highest BCUT2D eigenvalue weighted by atomic mass is 16.2. The maximum absolute atomic E-state index is 12.3. The average molecular weight is 339 g/mol. The number of amides is 1. The van der Waals surface area contributed by atoms with E-state index in [4.69, 9.17) is 0 Å². The molecule has 1 saturated heterocycles. The van der Waals surface area contributed by atoms with E-state index in [-0.39, 0.29) is 5.92 Å². The van der Waals surface area contributed by atoms with Crippen molar-refractivity contribution in [2.75, 3.05) is 33.2 Å². The lowest BCUT2D eigenvalue weighted by atomic mass is 9.97. The quantitative estimate of drug-likeness (QED) is 0.450. The molecule has 142 valence electrons. The maximum Gasteiger partial charge on any atom is 0.228 e. The number of likely N-dealkylation sites (tertiary alicyclic amines) is 1. The van der Waals surface area contributed by atoms with Gasteiger partial charge in [0.25, 0.3) is 0 Å². The first-order chi connectivity index (χ1) is 11.4. The molecule has 1 heterocycles. The molecule has 0 aromatic heterocycles. The minimum absolute atomic E-state index is 0.259. The van der Waals surface area contributed by atoms with E-state index in [2.05, 4.69) is 32.6 Å². The van der Waals surface area contributed by atoms with Crippen molar-refractivity contribution in [1.29, 1.82) is 0 Å². The van der Waals surface area contributed by atoms with Crippen LogP contribution in [0.15, 0.2) is 0 Å². The van der Waals surface area contributed by atoms with Gasteiger partial charge < -0.3 is 9.80 Å². The van der Waals surface area contributed by atoms with E-state index in [1.54, 1.807) is 0 Å². The van der Waals surface area contributed by atoms with Crippen LogP contribution in [0, 0.1) is 17.8 Å². The number of carbonyl (C=O) groups is 1. The number of rotatable bonds is 13. The number of hydrogen-bond acceptors (Lipinski definition) is 2. The summed E-state index contributed by atoms with van der Waals surface area (Å²) < 4.78 is 0. The molecule has 24 heavy (non-hydrogen) atoms. The van der Waals surface area contributed by atoms with Crippen LogP contribution < -0.4 is 0 Å². The van der Waals surface area contributed by atoms with Crippen LogP contribution >= 0.6 is 0 Å². The van der Waals surface area contributed by atoms with Crippen LogP contribution in [0.2, 0.25) is 0 Å². The Morgan fingerprint density at radius 2 is 1.46 bits per heavy atom. The van der Waals surface area contributed by atoms with Gasteiger partial charge in [-0.2, -0.15) is 0 Å². The number of carbonyl (C=O) groups excluding carboxylic acids is 1. The van der Waals surface area contributed by atoms with Crippen molar-refractivity contribution in [1.82, 2.24) is 9.80 Å². The van der Waals surface area contributed by atoms with Crippen molar-refractivity contribution >= 4 is 5.91 Å². The summed E-state index contributed by atoms with van der Waals surface area (Å²) in [5.74, 6) is 2.17. The van der Waals surface area contributed by atoms with Crippen LogP contribution in [0.25, 0.3) is 0 Å². The van der Waals surface area contributed by atoms with Crippen LogP contribution in [0.3, 0.4) is 0 Å². The normalized spacial score (nSPS) is 16.0. The molecule has 0 bridgehead atoms. The molecule has 3 heteroatoms. The monoisotopic (exact) mass is 338 g/mol. The van der Waals surface area contributed by atoms with E-state index in [0.717, 1.165) is 38.5 Å². The highest BCUT2D eigenvalue weighted by Gasteiger charge is 2.34. The minimum Gasteiger partial charge on any atom is -0.345 e. The van der Waals surface area contributed by atoms with Gasteiger partial charge in [0.2, 0.25) is 5.91 Å². The summed E-state index contributed by atoms with van der Waals surface area (Å²) in [6.45, 7) is 13.1. The molecule has 0 N–H and O–H groups in total. The summed E-state index contributed by atoms with van der Waals surface area (Å²) >= 11 is 0. The molecule has 0 saturated carbocycles. The second-order valence-corrected chi connectivity index (χ2v) is 8.73. The number of hydrogen-bond donors (Lipinski definition) is 0. The molecule has 0 unspecified atom stereocenters. The first kappa shape index (κ1) is 21.5. The number of unbranched alkanes of at least 4 members (excludes halogenated alkanes) is 6. The maximum atomic E-state index is 12.3. The molecular weight excluding hydrogens is 296 g/mol. The Balaban J connectivity index is 1.95. The van der Waals surface area contributed by atoms with E-state index in [1.807, 2.05) is 11.9 Å². The topological polar surface area (TPSA) is 23.6 Å². The van der Waals surface area contributed by atoms with Gasteiger partial charge in [0.15, 0.2) is 0 Å². The summed E-state index contributed by atoms with van der Waals surface area (Å²) in [5, 5.41) is 0. The zero-order valence-corrected chi connectivity index (χ0v) is 17.0. The lowest BCUT2D eigenvalue weighted by Crippen LogP contribution is -2.54. The Bertz CT molecular complexity index is 335. The van der Waals surface area contributed by atoms with Crippen molar-refractivity contribution in [3.63, 3.8) is 0 Å². The molecular formula is C21H42N2O. The smallest absolute Gasteiger partial charge is 0.228 e. The molecule has 1 rings (SSSR count). The van der Waals surface area contributed by atoms with Crippen LogP contribution in [0.5, 0.6) is 0 Å². The van der Waals surface area contributed by atoms with Crippen LogP contribution in [-0.4, -0.2) is 48.9 Å². The minimum atomic E-state index is 0.259. The fraction of sp³-hybridized carbons (Fsp3) is 0.952. The SMILES string of the molecule is CC(C)CCCCCCCCCN(C)C(=O)C1CN(CC(C)C)C1. The molecule has 0 radical (unpaired) electrons. The molecule has 3 nitrogen and oxygen atoms in total. The second kappa shape index (κ2) is 11.9. The average Bonchev–Trinajstić information content (AvgIpc) is 2.47. The van der Waals surface area contributed by atoms with Gasteiger partial charge in [-0.3, -0.25) is 4.79 Å². The van der Waals surface area contributed by atoms with Gasteiger partial charge >= 0.3 is 0 Å². The molecule has 0 aliphatic carbocycles. The van der Waals surface area contributed by atoms with E-state index >= 15 is 0 Å². The highest BCUT2D eigenvalue weighted by Crippen LogP contribution is 2.19. The van der Waals surface area contributed by atoms with E-state index in [0.29, 0.717) is 11.8 Å². The molecule has 0 spiro atoms. The summed E-state index contributed by atoms with van der Waals surface area (Å²) in [6, 6.07) is 0. The largest absolute Gasteiger partial charge is 0.345 e. The zero-order valence-electron chi connectivity index (χ0n) is 17.0. The van der Waals surface area contributed by atoms with Gasteiger partial charge in [-0.15, -0.1) is 0 Å². The van der Waals surface area contributed by atoms with Crippen molar-refractivity contribution in [2.45, 2.75) is 79.1 Å². The summed E-state index contributed by atoms with van der Waals surface area (Å²) in [7, 11) is 1.99. The first-order valence-electron chi connectivity index (χ1n) is 10.4. The van der Waals surface area contributed by atoms with Gasteiger partial charge in [-0.05, 0) is 18.3 Å². The first-order valence-corrected chi connectivity index (χ1v) is 10.4. The van der Waals surface area contributed by atoms with Gasteiger partial charge in [0, 0.05) is 33.2 Å². The lowest BCUT2D eigenvalue weighted by molar-refractivity contribution is -0.140. The molecule has 1 aliphatic rings. The molecule has 1 amide bonds. The van der Waals surface area contributed by atoms with E-state index < -0.39 is 0 Å². The highest BCUT2D eigenvalue weighted by molar-refractivity contribution is 5.79. The third kappa shape index (κ3) is 9.05. The van der Waals surface area contributed by atoms with Crippen molar-refractivity contribution < 1.29 is 4.79 Å². The fourth-order valence-electron chi connectivity index (χ4n) is 3.60. The third-order valence-corrected chi connectivity index (χ3v) is 5.08. The van der Waals surface area contributed by atoms with Crippen LogP contribution in [-0.2, 0) is 4.79 Å². The predicted octanol–water partition coefficient (Wildman–Crippen LogP) is 4.81. The molecule has 0 atom stereocenters. The Morgan fingerprint density at radius 3 is 2.00 bits per heavy atom. The second-order valence-electron chi connectivity index (χ2n) is 8.73. The van der Waals surface area contributed by atoms with Crippen molar-refractivity contribution in [3.8, 4) is 0 Å². The molecule has 0 aromatic carbocycles. The van der Waals surface area contributed by atoms with Crippen LogP contribution in [0.4, 0.5) is 0 Å². The van der Waals surface area contributed by atoms with E-state index in [1.165, 1.54) is 44.9 Å². The Kier molecular flexibility index (Phi) is 10.6. The Morgan fingerprint density at radius 1 is 0.917 bits per heavy atom. The zero-order chi connectivity index (χ0) is 17.9. The Labute approximate surface area is 151 Å². The van der Waals surface area contributed by atoms with Gasteiger partial charge in [-0.1, -0.05) is 72.6 Å². The van der Waals surface area contributed by atoms with E-state index in [9.17, 15) is 4.79 Å². The summed E-state index contributed by atoms with van der Waals surface area (Å²) in [5.41, 5.74) is 0. The Hall–Kier alpha value is -0.570. The van der Waals surface area contributed by atoms with Gasteiger partial charge in [0.1, 0.15) is 0 Å². The molecule has 1 fully saturated rings. The third-order valence-electron chi connectivity index (χ3n) is 5.08.